The molecule has 0 spiro atoms. The Kier molecular flexibility index (Phi) is 2.14. The van der Waals surface area contributed by atoms with Crippen molar-refractivity contribution in [2.45, 2.75) is 12.8 Å². The molecule has 1 N–H and O–H groups in total. The van der Waals surface area contributed by atoms with E-state index in [1.165, 1.54) is 4.90 Å². The van der Waals surface area contributed by atoms with Crippen LogP contribution in [-0.4, -0.2) is 35.0 Å². The zero-order valence-corrected chi connectivity index (χ0v) is 9.00. The first-order chi connectivity index (χ1) is 7.74. The van der Waals surface area contributed by atoms with Crippen molar-refractivity contribution in [1.29, 1.82) is 0 Å². The van der Waals surface area contributed by atoms with Crippen molar-refractivity contribution in [3.8, 4) is 0 Å². The van der Waals surface area contributed by atoms with Gasteiger partial charge in [0.2, 0.25) is 11.8 Å². The van der Waals surface area contributed by atoms with Gasteiger partial charge in [0, 0.05) is 13.2 Å². The molecule has 1 aliphatic heterocycles. The highest BCUT2D eigenvalue weighted by Gasteiger charge is 2.58. The number of rotatable bonds is 3. The Morgan fingerprint density at radius 2 is 1.75 bits per heavy atom. The second-order valence-electron chi connectivity index (χ2n) is 4.91. The number of amides is 2. The molecule has 2 amide bonds. The van der Waals surface area contributed by atoms with Gasteiger partial charge in [-0.05, 0) is 24.7 Å². The molecule has 2 bridgehead atoms. The quantitative estimate of drug-likeness (QED) is 0.546. The van der Waals surface area contributed by atoms with Crippen LogP contribution in [0.25, 0.3) is 0 Å². The molecule has 0 aromatic rings. The number of hydrogen-bond donors (Lipinski definition) is 1. The van der Waals surface area contributed by atoms with E-state index in [4.69, 9.17) is 5.11 Å². The minimum atomic E-state index is -0.0961. The number of hydrogen-bond acceptors (Lipinski definition) is 3. The minimum absolute atomic E-state index is 0.0136. The van der Waals surface area contributed by atoms with Crippen LogP contribution in [0.1, 0.15) is 12.8 Å². The maximum absolute atomic E-state index is 12.1. The lowest BCUT2D eigenvalue weighted by atomic mass is 9.85. The number of allylic oxidation sites excluding steroid dienone is 2. The van der Waals surface area contributed by atoms with Crippen molar-refractivity contribution in [1.82, 2.24) is 4.90 Å². The van der Waals surface area contributed by atoms with Crippen LogP contribution >= 0.6 is 0 Å². The molecule has 2 fully saturated rings. The number of nitrogens with zero attached hydrogens (tertiary/aromatic N) is 1. The van der Waals surface area contributed by atoms with Crippen LogP contribution in [0.15, 0.2) is 12.2 Å². The van der Waals surface area contributed by atoms with E-state index in [0.29, 0.717) is 13.0 Å². The number of aliphatic hydroxyl groups is 1. The van der Waals surface area contributed by atoms with Gasteiger partial charge in [-0.2, -0.15) is 0 Å². The molecule has 16 heavy (non-hydrogen) atoms. The second kappa shape index (κ2) is 3.42. The molecule has 2 aliphatic carbocycles. The maximum atomic E-state index is 12.1. The lowest BCUT2D eigenvalue weighted by Crippen LogP contribution is -2.34. The third kappa shape index (κ3) is 1.13. The average molecular weight is 221 g/mol. The summed E-state index contributed by atoms with van der Waals surface area (Å²) in [6.45, 7) is 0.401. The van der Waals surface area contributed by atoms with Gasteiger partial charge in [-0.1, -0.05) is 12.2 Å². The molecule has 3 rings (SSSR count). The Morgan fingerprint density at radius 1 is 1.19 bits per heavy atom. The summed E-state index contributed by atoms with van der Waals surface area (Å²) >= 11 is 0. The van der Waals surface area contributed by atoms with Gasteiger partial charge in [0.1, 0.15) is 0 Å². The first kappa shape index (κ1) is 10.0. The van der Waals surface area contributed by atoms with E-state index in [1.807, 2.05) is 0 Å². The van der Waals surface area contributed by atoms with Crippen molar-refractivity contribution in [2.24, 2.45) is 23.7 Å². The summed E-state index contributed by atoms with van der Waals surface area (Å²) in [6, 6.07) is 0. The summed E-state index contributed by atoms with van der Waals surface area (Å²) in [4.78, 5) is 25.5. The zero-order valence-electron chi connectivity index (χ0n) is 9.00. The number of fused-ring (bicyclic) bond motifs is 5. The molecule has 2 unspecified atom stereocenters. The number of carbonyl (C=O) groups is 2. The molecule has 4 heteroatoms. The SMILES string of the molecule is O=C1[C@@H]2C3C=CC(C3)[C@@H]2C(=O)N1CCCO. The predicted molar refractivity (Wildman–Crippen MR) is 56.1 cm³/mol. The standard InChI is InChI=1S/C12H15NO3/c14-5-1-4-13-11(15)9-7-2-3-8(6-7)10(9)12(13)16/h2-3,7-10,14H,1,4-6H2/t7?,8?,9-,10+. The summed E-state index contributed by atoms with van der Waals surface area (Å²) in [5.41, 5.74) is 0. The van der Waals surface area contributed by atoms with Crippen LogP contribution < -0.4 is 0 Å². The molecule has 1 heterocycles. The molecule has 0 aromatic carbocycles. The highest BCUT2D eigenvalue weighted by molar-refractivity contribution is 6.06. The Labute approximate surface area is 93.9 Å². The molecule has 1 saturated heterocycles. The van der Waals surface area contributed by atoms with Crippen LogP contribution in [0.2, 0.25) is 0 Å². The average Bonchev–Trinajstić information content (AvgIpc) is 2.92. The summed E-state index contributed by atoms with van der Waals surface area (Å²) in [5.74, 6) is 0.346. The van der Waals surface area contributed by atoms with Gasteiger partial charge >= 0.3 is 0 Å². The van der Waals surface area contributed by atoms with Gasteiger partial charge in [-0.15, -0.1) is 0 Å². The molecule has 1 saturated carbocycles. The molecule has 3 aliphatic rings. The first-order valence-corrected chi connectivity index (χ1v) is 5.88. The Morgan fingerprint density at radius 3 is 2.25 bits per heavy atom. The van der Waals surface area contributed by atoms with E-state index < -0.39 is 0 Å². The predicted octanol–water partition coefficient (Wildman–Crippen LogP) is 0.176. The van der Waals surface area contributed by atoms with Crippen LogP contribution in [0, 0.1) is 23.7 Å². The van der Waals surface area contributed by atoms with Gasteiger partial charge in [0.25, 0.3) is 0 Å². The molecule has 0 radical (unpaired) electrons. The summed E-state index contributed by atoms with van der Waals surface area (Å²) in [7, 11) is 0. The van der Waals surface area contributed by atoms with E-state index in [-0.39, 0.29) is 42.1 Å². The van der Waals surface area contributed by atoms with Crippen molar-refractivity contribution >= 4 is 11.8 Å². The number of carbonyl (C=O) groups excluding carboxylic acids is 2. The first-order valence-electron chi connectivity index (χ1n) is 5.88. The topological polar surface area (TPSA) is 57.6 Å². The van der Waals surface area contributed by atoms with Gasteiger partial charge in [0.05, 0.1) is 11.8 Å². The van der Waals surface area contributed by atoms with Gasteiger partial charge in [0.15, 0.2) is 0 Å². The fraction of sp³-hybridized carbons (Fsp3) is 0.667. The molecule has 4 atom stereocenters. The highest BCUT2D eigenvalue weighted by atomic mass is 16.3. The molecular weight excluding hydrogens is 206 g/mol. The van der Waals surface area contributed by atoms with Crippen LogP contribution in [0.3, 0.4) is 0 Å². The van der Waals surface area contributed by atoms with Gasteiger partial charge < -0.3 is 5.11 Å². The lowest BCUT2D eigenvalue weighted by molar-refractivity contribution is -0.140. The van der Waals surface area contributed by atoms with E-state index in [1.54, 1.807) is 0 Å². The second-order valence-corrected chi connectivity index (χ2v) is 4.91. The molecular formula is C12H15NO3. The largest absolute Gasteiger partial charge is 0.396 e. The monoisotopic (exact) mass is 221 g/mol. The number of imide groups is 1. The van der Waals surface area contributed by atoms with Crippen LogP contribution in [0.5, 0.6) is 0 Å². The molecule has 4 nitrogen and oxygen atoms in total. The fourth-order valence-electron chi connectivity index (χ4n) is 3.41. The van der Waals surface area contributed by atoms with E-state index >= 15 is 0 Å². The summed E-state index contributed by atoms with van der Waals surface area (Å²) in [5, 5.41) is 8.76. The normalized spacial score (nSPS) is 39.9. The van der Waals surface area contributed by atoms with Crippen molar-refractivity contribution in [3.63, 3.8) is 0 Å². The van der Waals surface area contributed by atoms with E-state index in [2.05, 4.69) is 12.2 Å². The van der Waals surface area contributed by atoms with Crippen LogP contribution in [0.4, 0.5) is 0 Å². The summed E-state index contributed by atoms with van der Waals surface area (Å²) < 4.78 is 0. The number of likely N-dealkylation sites (tertiary alicyclic amines) is 1. The van der Waals surface area contributed by atoms with Crippen molar-refractivity contribution < 1.29 is 14.7 Å². The van der Waals surface area contributed by atoms with Gasteiger partial charge in [-0.25, -0.2) is 0 Å². The van der Waals surface area contributed by atoms with Gasteiger partial charge in [-0.3, -0.25) is 14.5 Å². The number of aliphatic hydroxyl groups excluding tert-OH is 1. The smallest absolute Gasteiger partial charge is 0.233 e. The Balaban J connectivity index is 1.83. The molecule has 86 valence electrons. The zero-order chi connectivity index (χ0) is 11.3. The molecule has 0 aromatic heterocycles. The maximum Gasteiger partial charge on any atom is 0.233 e. The highest BCUT2D eigenvalue weighted by Crippen LogP contribution is 2.52. The lowest BCUT2D eigenvalue weighted by Gasteiger charge is -2.16. The Hall–Kier alpha value is -1.16. The van der Waals surface area contributed by atoms with E-state index in [9.17, 15) is 9.59 Å². The third-order valence-corrected chi connectivity index (χ3v) is 4.10. The van der Waals surface area contributed by atoms with Crippen molar-refractivity contribution in [3.05, 3.63) is 12.2 Å². The van der Waals surface area contributed by atoms with Crippen molar-refractivity contribution in [2.75, 3.05) is 13.2 Å². The van der Waals surface area contributed by atoms with E-state index in [0.717, 1.165) is 6.42 Å². The fourth-order valence-corrected chi connectivity index (χ4v) is 3.41. The third-order valence-electron chi connectivity index (χ3n) is 4.10. The minimum Gasteiger partial charge on any atom is -0.396 e. The van der Waals surface area contributed by atoms with Crippen LogP contribution in [-0.2, 0) is 9.59 Å². The Bertz CT molecular complexity index is 346. The summed E-state index contributed by atoms with van der Waals surface area (Å²) in [6.07, 6.45) is 5.64.